The lowest BCUT2D eigenvalue weighted by Crippen LogP contribution is -2.26. The van der Waals surface area contributed by atoms with Crippen LogP contribution in [-0.4, -0.2) is 26.5 Å². The molecule has 0 spiro atoms. The van der Waals surface area contributed by atoms with E-state index in [1.165, 1.54) is 0 Å². The van der Waals surface area contributed by atoms with E-state index in [1.807, 2.05) is 97.1 Å². The monoisotopic (exact) mass is 463 g/mol. The molecular weight excluding hydrogens is 438 g/mol. The number of benzene rings is 3. The number of para-hydroxylation sites is 2. The first-order chi connectivity index (χ1) is 16.9. The van der Waals surface area contributed by atoms with Gasteiger partial charge in [0.15, 0.2) is 0 Å². The van der Waals surface area contributed by atoms with E-state index >= 15 is 0 Å². The van der Waals surface area contributed by atoms with Gasteiger partial charge in [0.1, 0.15) is 11.3 Å². The van der Waals surface area contributed by atoms with Crippen LogP contribution in [-0.2, 0) is 4.74 Å². The van der Waals surface area contributed by atoms with Crippen molar-refractivity contribution in [2.75, 3.05) is 0 Å². The second-order valence-electron chi connectivity index (χ2n) is 9.10. The topological polar surface area (TPSA) is 66.2 Å². The maximum atomic E-state index is 12.8. The minimum absolute atomic E-state index is 0.243. The summed E-state index contributed by atoms with van der Waals surface area (Å²) in [5.41, 5.74) is 3.64. The summed E-state index contributed by atoms with van der Waals surface area (Å²) in [6.07, 6.45) is -0.809. The molecule has 6 heteroatoms. The van der Waals surface area contributed by atoms with Crippen molar-refractivity contribution < 1.29 is 14.3 Å². The Labute approximate surface area is 203 Å². The molecule has 0 N–H and O–H groups in total. The highest BCUT2D eigenvalue weighted by Gasteiger charge is 2.28. The summed E-state index contributed by atoms with van der Waals surface area (Å²) in [6.45, 7) is 5.39. The third kappa shape index (κ3) is 4.77. The number of fused-ring (bicyclic) bond motifs is 1. The standard InChI is InChI=1S/C29H25N3O3/c1-29(2,3)35-28(33)34-27-25(24-19-18-20-12-10-11-17-23(20)30-24)26(21-13-6-4-7-14-21)31-32(27)22-15-8-5-9-16-22/h4-19H,1-3H3. The van der Waals surface area contributed by atoms with Crippen molar-refractivity contribution in [1.82, 2.24) is 14.8 Å². The second-order valence-corrected chi connectivity index (χ2v) is 9.10. The van der Waals surface area contributed by atoms with Crippen LogP contribution in [0.2, 0.25) is 0 Å². The molecule has 2 heterocycles. The number of hydrogen-bond donors (Lipinski definition) is 0. The van der Waals surface area contributed by atoms with Crippen LogP contribution in [0, 0.1) is 0 Å². The summed E-state index contributed by atoms with van der Waals surface area (Å²) in [5, 5.41) is 5.92. The van der Waals surface area contributed by atoms with Crippen LogP contribution in [0.25, 0.3) is 39.1 Å². The Morgan fingerprint density at radius 3 is 2.17 bits per heavy atom. The molecule has 6 nitrogen and oxygen atoms in total. The van der Waals surface area contributed by atoms with Gasteiger partial charge in [0, 0.05) is 10.9 Å². The normalized spacial score (nSPS) is 11.4. The van der Waals surface area contributed by atoms with Crippen molar-refractivity contribution in [1.29, 1.82) is 0 Å². The van der Waals surface area contributed by atoms with Crippen LogP contribution < -0.4 is 4.74 Å². The Kier molecular flexibility index (Phi) is 5.79. The van der Waals surface area contributed by atoms with Crippen molar-refractivity contribution in [2.45, 2.75) is 26.4 Å². The van der Waals surface area contributed by atoms with E-state index in [4.69, 9.17) is 19.6 Å². The van der Waals surface area contributed by atoms with Crippen LogP contribution in [0.5, 0.6) is 5.88 Å². The first-order valence-corrected chi connectivity index (χ1v) is 11.4. The predicted molar refractivity (Wildman–Crippen MR) is 137 cm³/mol. The Morgan fingerprint density at radius 1 is 0.800 bits per heavy atom. The van der Waals surface area contributed by atoms with E-state index in [1.54, 1.807) is 25.5 Å². The summed E-state index contributed by atoms with van der Waals surface area (Å²) in [4.78, 5) is 17.7. The number of aromatic nitrogens is 3. The maximum absolute atomic E-state index is 12.8. The first-order valence-electron chi connectivity index (χ1n) is 11.4. The molecule has 35 heavy (non-hydrogen) atoms. The zero-order valence-corrected chi connectivity index (χ0v) is 19.8. The number of ether oxygens (including phenoxy) is 2. The van der Waals surface area contributed by atoms with E-state index in [-0.39, 0.29) is 5.88 Å². The molecule has 174 valence electrons. The molecule has 3 aromatic carbocycles. The van der Waals surface area contributed by atoms with Gasteiger partial charge in [-0.25, -0.2) is 9.78 Å². The number of hydrogen-bond acceptors (Lipinski definition) is 5. The largest absolute Gasteiger partial charge is 0.515 e. The number of rotatable bonds is 4. The molecule has 0 saturated heterocycles. The minimum atomic E-state index is -0.809. The summed E-state index contributed by atoms with van der Waals surface area (Å²) < 4.78 is 13.0. The van der Waals surface area contributed by atoms with Gasteiger partial charge >= 0.3 is 6.16 Å². The summed E-state index contributed by atoms with van der Waals surface area (Å²) >= 11 is 0. The SMILES string of the molecule is CC(C)(C)OC(=O)Oc1c(-c2ccc3ccccc3n2)c(-c2ccccc2)nn1-c1ccccc1. The van der Waals surface area contributed by atoms with Gasteiger partial charge in [-0.3, -0.25) is 0 Å². The van der Waals surface area contributed by atoms with E-state index < -0.39 is 11.8 Å². The number of nitrogens with zero attached hydrogens (tertiary/aromatic N) is 3. The van der Waals surface area contributed by atoms with Crippen LogP contribution in [0.3, 0.4) is 0 Å². The molecule has 0 aliphatic rings. The van der Waals surface area contributed by atoms with Crippen molar-refractivity contribution in [3.8, 4) is 34.1 Å². The molecule has 0 amide bonds. The molecule has 0 atom stereocenters. The number of carbonyl (C=O) groups excluding carboxylic acids is 1. The third-order valence-electron chi connectivity index (χ3n) is 5.32. The van der Waals surface area contributed by atoms with Gasteiger partial charge in [-0.2, -0.15) is 9.78 Å². The molecule has 0 bridgehead atoms. The van der Waals surface area contributed by atoms with Crippen molar-refractivity contribution >= 4 is 17.1 Å². The molecule has 0 radical (unpaired) electrons. The highest BCUT2D eigenvalue weighted by atomic mass is 16.7. The average molecular weight is 464 g/mol. The average Bonchev–Trinajstić information content (AvgIpc) is 3.22. The smallest absolute Gasteiger partial charge is 0.428 e. The fourth-order valence-electron chi connectivity index (χ4n) is 3.83. The summed E-state index contributed by atoms with van der Waals surface area (Å²) in [5.74, 6) is 0.243. The first kappa shape index (κ1) is 22.3. The molecule has 0 unspecified atom stereocenters. The van der Waals surface area contributed by atoms with E-state index in [0.717, 1.165) is 22.2 Å². The Bertz CT molecular complexity index is 1490. The lowest BCUT2D eigenvalue weighted by Gasteiger charge is -2.19. The molecule has 5 rings (SSSR count). The molecule has 0 aliphatic heterocycles. The van der Waals surface area contributed by atoms with Crippen molar-refractivity contribution in [3.05, 3.63) is 97.1 Å². The Balaban J connectivity index is 1.77. The molecular formula is C29H25N3O3. The summed E-state index contributed by atoms with van der Waals surface area (Å²) in [6, 6.07) is 31.1. The quantitative estimate of drug-likeness (QED) is 0.267. The van der Waals surface area contributed by atoms with E-state index in [9.17, 15) is 4.79 Å². The molecule has 2 aromatic heterocycles. The van der Waals surface area contributed by atoms with Gasteiger partial charge < -0.3 is 9.47 Å². The second kappa shape index (κ2) is 9.06. The highest BCUT2D eigenvalue weighted by molar-refractivity contribution is 5.89. The fourth-order valence-corrected chi connectivity index (χ4v) is 3.83. The Morgan fingerprint density at radius 2 is 1.46 bits per heavy atom. The van der Waals surface area contributed by atoms with Gasteiger partial charge in [-0.05, 0) is 45.0 Å². The highest BCUT2D eigenvalue weighted by Crippen LogP contribution is 2.40. The summed E-state index contributed by atoms with van der Waals surface area (Å²) in [7, 11) is 0. The molecule has 0 fully saturated rings. The van der Waals surface area contributed by atoms with Gasteiger partial charge in [-0.15, -0.1) is 0 Å². The van der Waals surface area contributed by atoms with Crippen molar-refractivity contribution in [3.63, 3.8) is 0 Å². The predicted octanol–water partition coefficient (Wildman–Crippen LogP) is 7.07. The number of carbonyl (C=O) groups is 1. The van der Waals surface area contributed by atoms with Crippen LogP contribution >= 0.6 is 0 Å². The molecule has 5 aromatic rings. The zero-order chi connectivity index (χ0) is 24.4. The van der Waals surface area contributed by atoms with E-state index in [2.05, 4.69) is 0 Å². The molecule has 0 saturated carbocycles. The van der Waals surface area contributed by atoms with Gasteiger partial charge in [0.2, 0.25) is 5.88 Å². The van der Waals surface area contributed by atoms with Gasteiger partial charge in [0.05, 0.1) is 22.5 Å². The Hall–Kier alpha value is -4.45. The lowest BCUT2D eigenvalue weighted by atomic mass is 10.0. The van der Waals surface area contributed by atoms with E-state index in [0.29, 0.717) is 17.0 Å². The maximum Gasteiger partial charge on any atom is 0.515 e. The van der Waals surface area contributed by atoms with Crippen LogP contribution in [0.1, 0.15) is 20.8 Å². The zero-order valence-electron chi connectivity index (χ0n) is 19.8. The van der Waals surface area contributed by atoms with Crippen molar-refractivity contribution in [2.24, 2.45) is 0 Å². The van der Waals surface area contributed by atoms with Crippen LogP contribution in [0.4, 0.5) is 4.79 Å². The minimum Gasteiger partial charge on any atom is -0.428 e. The molecule has 0 aliphatic carbocycles. The number of pyridine rings is 1. The van der Waals surface area contributed by atoms with Gasteiger partial charge in [-0.1, -0.05) is 72.8 Å². The van der Waals surface area contributed by atoms with Gasteiger partial charge in [0.25, 0.3) is 0 Å². The third-order valence-corrected chi connectivity index (χ3v) is 5.32. The van der Waals surface area contributed by atoms with Crippen LogP contribution in [0.15, 0.2) is 97.1 Å². The fraction of sp³-hybridized carbons (Fsp3) is 0.138. The lowest BCUT2D eigenvalue weighted by molar-refractivity contribution is 0.0193.